The zero-order chi connectivity index (χ0) is 14.0. The van der Waals surface area contributed by atoms with Gasteiger partial charge in [-0.05, 0) is 46.1 Å². The number of ether oxygens (including phenoxy) is 1. The van der Waals surface area contributed by atoms with Gasteiger partial charge in [0.2, 0.25) is 0 Å². The fraction of sp³-hybridized carbons (Fsp3) is 0.929. The van der Waals surface area contributed by atoms with E-state index >= 15 is 0 Å². The van der Waals surface area contributed by atoms with E-state index in [9.17, 15) is 4.79 Å². The van der Waals surface area contributed by atoms with Gasteiger partial charge in [-0.25, -0.2) is 4.79 Å². The number of hydrogen-bond acceptors (Lipinski definition) is 4. The summed E-state index contributed by atoms with van der Waals surface area (Å²) in [6, 6.07) is 0.490. The Labute approximate surface area is 116 Å². The molecule has 0 radical (unpaired) electrons. The van der Waals surface area contributed by atoms with E-state index in [2.05, 4.69) is 4.90 Å². The average Bonchev–Trinajstić information content (AvgIpc) is 2.26. The fourth-order valence-corrected chi connectivity index (χ4v) is 2.80. The summed E-state index contributed by atoms with van der Waals surface area (Å²) in [5.74, 6) is 0.650. The van der Waals surface area contributed by atoms with Crippen molar-refractivity contribution in [2.75, 3.05) is 32.7 Å². The van der Waals surface area contributed by atoms with Crippen molar-refractivity contribution in [1.29, 1.82) is 0 Å². The lowest BCUT2D eigenvalue weighted by Gasteiger charge is -2.47. The quantitative estimate of drug-likeness (QED) is 0.820. The van der Waals surface area contributed by atoms with Crippen LogP contribution in [-0.2, 0) is 4.74 Å². The molecule has 2 rings (SSSR count). The molecule has 2 aliphatic heterocycles. The van der Waals surface area contributed by atoms with E-state index in [1.54, 1.807) is 0 Å². The highest BCUT2D eigenvalue weighted by molar-refractivity contribution is 5.68. The van der Waals surface area contributed by atoms with Crippen LogP contribution in [-0.4, -0.2) is 60.3 Å². The van der Waals surface area contributed by atoms with Crippen molar-refractivity contribution in [2.24, 2.45) is 11.7 Å². The number of hydrogen-bond donors (Lipinski definition) is 1. The molecule has 1 amide bonds. The van der Waals surface area contributed by atoms with E-state index in [1.807, 2.05) is 25.7 Å². The summed E-state index contributed by atoms with van der Waals surface area (Å²) in [5, 5.41) is 0. The number of amides is 1. The van der Waals surface area contributed by atoms with E-state index in [1.165, 1.54) is 6.42 Å². The lowest BCUT2D eigenvalue weighted by Crippen LogP contribution is -2.59. The van der Waals surface area contributed by atoms with Gasteiger partial charge < -0.3 is 15.4 Å². The van der Waals surface area contributed by atoms with Gasteiger partial charge in [0.05, 0.1) is 0 Å². The molecule has 0 aromatic heterocycles. The molecule has 2 saturated heterocycles. The summed E-state index contributed by atoms with van der Waals surface area (Å²) < 4.78 is 5.45. The van der Waals surface area contributed by atoms with Gasteiger partial charge in [-0.15, -0.1) is 0 Å². The Balaban J connectivity index is 1.82. The summed E-state index contributed by atoms with van der Waals surface area (Å²) in [7, 11) is 0. The van der Waals surface area contributed by atoms with Crippen molar-refractivity contribution in [1.82, 2.24) is 9.80 Å². The molecule has 110 valence electrons. The number of carbonyl (C=O) groups is 1. The lowest BCUT2D eigenvalue weighted by atomic mass is 9.94. The van der Waals surface area contributed by atoms with Gasteiger partial charge >= 0.3 is 6.09 Å². The SMILES string of the molecule is CC(C)(C)OC(=O)N1CCC[C@H](N2CC(CN)C2)C1. The van der Waals surface area contributed by atoms with Crippen LogP contribution in [0.15, 0.2) is 0 Å². The van der Waals surface area contributed by atoms with E-state index in [0.717, 1.165) is 39.1 Å². The Bertz CT molecular complexity index is 321. The summed E-state index contributed by atoms with van der Waals surface area (Å²) in [4.78, 5) is 16.4. The zero-order valence-electron chi connectivity index (χ0n) is 12.4. The molecule has 0 aromatic rings. The molecule has 0 unspecified atom stereocenters. The van der Waals surface area contributed by atoms with Gasteiger partial charge in [-0.1, -0.05) is 0 Å². The van der Waals surface area contributed by atoms with Crippen molar-refractivity contribution in [3.63, 3.8) is 0 Å². The molecule has 5 heteroatoms. The van der Waals surface area contributed by atoms with E-state index in [0.29, 0.717) is 12.0 Å². The van der Waals surface area contributed by atoms with Crippen LogP contribution in [0.1, 0.15) is 33.6 Å². The van der Waals surface area contributed by atoms with E-state index in [-0.39, 0.29) is 6.09 Å². The Morgan fingerprint density at radius 2 is 2.00 bits per heavy atom. The van der Waals surface area contributed by atoms with Crippen molar-refractivity contribution >= 4 is 6.09 Å². The summed E-state index contributed by atoms with van der Waals surface area (Å²) >= 11 is 0. The van der Waals surface area contributed by atoms with E-state index < -0.39 is 5.60 Å². The zero-order valence-corrected chi connectivity index (χ0v) is 12.4. The van der Waals surface area contributed by atoms with Crippen LogP contribution in [0.3, 0.4) is 0 Å². The van der Waals surface area contributed by atoms with Crippen molar-refractivity contribution < 1.29 is 9.53 Å². The number of rotatable bonds is 2. The first-order valence-corrected chi connectivity index (χ1v) is 7.31. The molecule has 0 spiro atoms. The first kappa shape index (κ1) is 14.6. The Morgan fingerprint density at radius 1 is 1.32 bits per heavy atom. The van der Waals surface area contributed by atoms with Gasteiger partial charge in [0.25, 0.3) is 0 Å². The predicted octanol–water partition coefficient (Wildman–Crippen LogP) is 1.28. The molecule has 19 heavy (non-hydrogen) atoms. The van der Waals surface area contributed by atoms with Crippen LogP contribution >= 0.6 is 0 Å². The maximum atomic E-state index is 12.1. The molecule has 2 fully saturated rings. The Kier molecular flexibility index (Phi) is 4.36. The fourth-order valence-electron chi connectivity index (χ4n) is 2.80. The monoisotopic (exact) mass is 269 g/mol. The number of nitrogens with zero attached hydrogens (tertiary/aromatic N) is 2. The molecule has 5 nitrogen and oxygen atoms in total. The maximum absolute atomic E-state index is 12.1. The first-order valence-electron chi connectivity index (χ1n) is 7.31. The molecule has 0 aliphatic carbocycles. The van der Waals surface area contributed by atoms with Crippen LogP contribution in [0.4, 0.5) is 4.79 Å². The lowest BCUT2D eigenvalue weighted by molar-refractivity contribution is -0.00811. The van der Waals surface area contributed by atoms with Gasteiger partial charge in [0.1, 0.15) is 5.60 Å². The molecule has 1 atom stereocenters. The van der Waals surface area contributed by atoms with Crippen molar-refractivity contribution in [2.45, 2.75) is 45.3 Å². The van der Waals surface area contributed by atoms with E-state index in [4.69, 9.17) is 10.5 Å². The minimum Gasteiger partial charge on any atom is -0.444 e. The largest absolute Gasteiger partial charge is 0.444 e. The third-order valence-corrected chi connectivity index (χ3v) is 3.88. The van der Waals surface area contributed by atoms with Crippen LogP contribution in [0.2, 0.25) is 0 Å². The standard InChI is InChI=1S/C14H27N3O2/c1-14(2,3)19-13(18)16-6-4-5-12(10-16)17-8-11(7-15)9-17/h11-12H,4-10,15H2,1-3H3/t12-/m0/s1. The van der Waals surface area contributed by atoms with Crippen LogP contribution in [0, 0.1) is 5.92 Å². The molecule has 2 heterocycles. The van der Waals surface area contributed by atoms with Gasteiger partial charge in [0.15, 0.2) is 0 Å². The Morgan fingerprint density at radius 3 is 2.58 bits per heavy atom. The summed E-state index contributed by atoms with van der Waals surface area (Å²) in [6.45, 7) is 10.3. The first-order chi connectivity index (χ1) is 8.89. The minimum absolute atomic E-state index is 0.173. The van der Waals surface area contributed by atoms with Gasteiger partial charge in [-0.3, -0.25) is 4.90 Å². The topological polar surface area (TPSA) is 58.8 Å². The molecule has 0 saturated carbocycles. The second-order valence-corrected chi connectivity index (χ2v) is 6.78. The molecular weight excluding hydrogens is 242 g/mol. The third-order valence-electron chi connectivity index (χ3n) is 3.88. The second kappa shape index (κ2) is 5.67. The number of piperidine rings is 1. The summed E-state index contributed by atoms with van der Waals surface area (Å²) in [6.07, 6.45) is 2.07. The van der Waals surface area contributed by atoms with Crippen LogP contribution in [0.5, 0.6) is 0 Å². The smallest absolute Gasteiger partial charge is 0.410 e. The van der Waals surface area contributed by atoms with Gasteiger partial charge in [-0.2, -0.15) is 0 Å². The van der Waals surface area contributed by atoms with Crippen molar-refractivity contribution in [3.05, 3.63) is 0 Å². The molecule has 0 aromatic carbocycles. The minimum atomic E-state index is -0.411. The molecule has 2 N–H and O–H groups in total. The molecule has 0 bridgehead atoms. The normalized spacial score (nSPS) is 26.1. The van der Waals surface area contributed by atoms with Gasteiger partial charge in [0, 0.05) is 32.2 Å². The number of carbonyl (C=O) groups excluding carboxylic acids is 1. The average molecular weight is 269 g/mol. The van der Waals surface area contributed by atoms with Crippen molar-refractivity contribution in [3.8, 4) is 0 Å². The number of likely N-dealkylation sites (tertiary alicyclic amines) is 2. The van der Waals surface area contributed by atoms with Crippen LogP contribution in [0.25, 0.3) is 0 Å². The molecular formula is C14H27N3O2. The van der Waals surface area contributed by atoms with Crippen LogP contribution < -0.4 is 5.73 Å². The Hall–Kier alpha value is -0.810. The second-order valence-electron chi connectivity index (χ2n) is 6.78. The maximum Gasteiger partial charge on any atom is 0.410 e. The highest BCUT2D eigenvalue weighted by Gasteiger charge is 2.35. The summed E-state index contributed by atoms with van der Waals surface area (Å²) in [5.41, 5.74) is 5.25. The highest BCUT2D eigenvalue weighted by atomic mass is 16.6. The number of nitrogens with two attached hydrogens (primary N) is 1. The third kappa shape index (κ3) is 3.83. The molecule has 2 aliphatic rings. The highest BCUT2D eigenvalue weighted by Crippen LogP contribution is 2.24. The predicted molar refractivity (Wildman–Crippen MR) is 74.9 cm³/mol.